The van der Waals surface area contributed by atoms with Crippen LogP contribution in [0.5, 0.6) is 11.5 Å². The molecule has 178 valence electrons. The zero-order valence-electron chi connectivity index (χ0n) is 19.1. The number of carbonyl (C=O) groups excluding carboxylic acids is 2. The molecule has 3 rings (SSSR count). The van der Waals surface area contributed by atoms with Crippen molar-refractivity contribution in [3.05, 3.63) is 53.1 Å². The number of fused-ring (bicyclic) bond motifs is 1. The van der Waals surface area contributed by atoms with Gasteiger partial charge in [-0.15, -0.1) is 0 Å². The van der Waals surface area contributed by atoms with Gasteiger partial charge in [0.15, 0.2) is 23.9 Å². The van der Waals surface area contributed by atoms with E-state index in [9.17, 15) is 18.0 Å². The van der Waals surface area contributed by atoms with E-state index in [2.05, 4.69) is 0 Å². The van der Waals surface area contributed by atoms with Crippen molar-refractivity contribution in [3.63, 3.8) is 0 Å². The molecular formula is C24H29NO7S. The topological polar surface area (TPSA) is 99.2 Å². The number of sulfonamides is 1. The molecule has 1 aliphatic heterocycles. The minimum absolute atomic E-state index is 0.254. The number of Topliss-reactive ketones (excluding diaryl/α,β-unsaturated/α-hetero) is 1. The van der Waals surface area contributed by atoms with Gasteiger partial charge < -0.3 is 14.2 Å². The lowest BCUT2D eigenvalue weighted by Crippen LogP contribution is -2.34. The normalized spacial score (nSPS) is 13.2. The number of hydrogen-bond donors (Lipinski definition) is 0. The van der Waals surface area contributed by atoms with Gasteiger partial charge >= 0.3 is 5.97 Å². The SMILES string of the molecule is CCCOc1ccc(C(=O)OCC(=O)c2ccc3c(c2)CCCN3S(C)(=O)=O)cc1OCC. The molecular weight excluding hydrogens is 446 g/mol. The van der Waals surface area contributed by atoms with Crippen LogP contribution in [0.4, 0.5) is 5.69 Å². The van der Waals surface area contributed by atoms with Gasteiger partial charge in [-0.3, -0.25) is 9.10 Å². The lowest BCUT2D eigenvalue weighted by atomic mass is 9.99. The molecule has 1 heterocycles. The molecule has 0 saturated heterocycles. The van der Waals surface area contributed by atoms with Crippen LogP contribution in [-0.2, 0) is 21.2 Å². The smallest absolute Gasteiger partial charge is 0.338 e. The summed E-state index contributed by atoms with van der Waals surface area (Å²) < 4.78 is 41.8. The zero-order chi connectivity index (χ0) is 24.0. The van der Waals surface area contributed by atoms with E-state index >= 15 is 0 Å². The van der Waals surface area contributed by atoms with Crippen LogP contribution in [-0.4, -0.2) is 52.8 Å². The molecule has 0 atom stereocenters. The quantitative estimate of drug-likeness (QED) is 0.382. The number of rotatable bonds is 10. The van der Waals surface area contributed by atoms with Gasteiger partial charge in [-0.25, -0.2) is 13.2 Å². The first-order chi connectivity index (χ1) is 15.7. The van der Waals surface area contributed by atoms with Gasteiger partial charge in [-0.05, 0) is 68.1 Å². The van der Waals surface area contributed by atoms with Crippen molar-refractivity contribution in [2.24, 2.45) is 0 Å². The minimum atomic E-state index is -3.38. The van der Waals surface area contributed by atoms with Crippen molar-refractivity contribution in [2.45, 2.75) is 33.1 Å². The summed E-state index contributed by atoms with van der Waals surface area (Å²) in [5, 5.41) is 0. The number of ether oxygens (including phenoxy) is 3. The molecule has 0 aliphatic carbocycles. The number of aryl methyl sites for hydroxylation is 1. The van der Waals surface area contributed by atoms with Gasteiger partial charge in [0.25, 0.3) is 0 Å². The largest absolute Gasteiger partial charge is 0.490 e. The highest BCUT2D eigenvalue weighted by atomic mass is 32.2. The average Bonchev–Trinajstić information content (AvgIpc) is 2.80. The fourth-order valence-electron chi connectivity index (χ4n) is 3.61. The predicted molar refractivity (Wildman–Crippen MR) is 125 cm³/mol. The molecule has 0 saturated carbocycles. The fraction of sp³-hybridized carbons (Fsp3) is 0.417. The van der Waals surface area contributed by atoms with Crippen molar-refractivity contribution in [1.29, 1.82) is 0 Å². The molecule has 0 fully saturated rings. The van der Waals surface area contributed by atoms with Crippen LogP contribution in [0.1, 0.15) is 53.0 Å². The third-order valence-corrected chi connectivity index (χ3v) is 6.33. The Balaban J connectivity index is 1.68. The lowest BCUT2D eigenvalue weighted by Gasteiger charge is -2.29. The van der Waals surface area contributed by atoms with E-state index in [1.165, 1.54) is 10.6 Å². The maximum absolute atomic E-state index is 12.6. The summed E-state index contributed by atoms with van der Waals surface area (Å²) in [6, 6.07) is 9.63. The zero-order valence-corrected chi connectivity index (χ0v) is 19.9. The Morgan fingerprint density at radius 2 is 1.76 bits per heavy atom. The molecule has 0 aromatic heterocycles. The lowest BCUT2D eigenvalue weighted by molar-refractivity contribution is 0.0474. The van der Waals surface area contributed by atoms with Crippen LogP contribution in [0.2, 0.25) is 0 Å². The number of carbonyl (C=O) groups is 2. The van der Waals surface area contributed by atoms with Crippen LogP contribution in [0.15, 0.2) is 36.4 Å². The van der Waals surface area contributed by atoms with Crippen LogP contribution < -0.4 is 13.8 Å². The number of hydrogen-bond acceptors (Lipinski definition) is 7. The molecule has 2 aromatic carbocycles. The first-order valence-electron chi connectivity index (χ1n) is 10.9. The highest BCUT2D eigenvalue weighted by molar-refractivity contribution is 7.92. The molecule has 33 heavy (non-hydrogen) atoms. The summed E-state index contributed by atoms with van der Waals surface area (Å²) in [6.45, 7) is 4.76. The van der Waals surface area contributed by atoms with Crippen LogP contribution in [0, 0.1) is 0 Å². The molecule has 1 aliphatic rings. The summed E-state index contributed by atoms with van der Waals surface area (Å²) in [5.41, 5.74) is 2.00. The third-order valence-electron chi connectivity index (χ3n) is 5.15. The van der Waals surface area contributed by atoms with E-state index in [1.807, 2.05) is 13.8 Å². The molecule has 8 nitrogen and oxygen atoms in total. The number of anilines is 1. The van der Waals surface area contributed by atoms with Gasteiger partial charge in [-0.2, -0.15) is 0 Å². The second-order valence-electron chi connectivity index (χ2n) is 7.72. The Morgan fingerprint density at radius 3 is 2.45 bits per heavy atom. The Kier molecular flexibility index (Phi) is 7.97. The maximum Gasteiger partial charge on any atom is 0.338 e. The summed E-state index contributed by atoms with van der Waals surface area (Å²) in [6.07, 6.45) is 3.36. The maximum atomic E-state index is 12.6. The van der Waals surface area contributed by atoms with Gasteiger partial charge in [0.1, 0.15) is 0 Å². The Morgan fingerprint density at radius 1 is 1.00 bits per heavy atom. The van der Waals surface area contributed by atoms with E-state index in [4.69, 9.17) is 14.2 Å². The van der Waals surface area contributed by atoms with Crippen molar-refractivity contribution in [2.75, 3.05) is 36.9 Å². The van der Waals surface area contributed by atoms with Crippen LogP contribution in [0.3, 0.4) is 0 Å². The first kappa shape index (κ1) is 24.6. The summed E-state index contributed by atoms with van der Waals surface area (Å²) >= 11 is 0. The number of benzene rings is 2. The second kappa shape index (κ2) is 10.7. The highest BCUT2D eigenvalue weighted by Crippen LogP contribution is 2.31. The average molecular weight is 476 g/mol. The van der Waals surface area contributed by atoms with E-state index in [-0.39, 0.29) is 11.3 Å². The molecule has 0 amide bonds. The van der Waals surface area contributed by atoms with E-state index in [0.717, 1.165) is 12.0 Å². The Hall–Kier alpha value is -3.07. The van der Waals surface area contributed by atoms with Gasteiger partial charge in [0, 0.05) is 12.1 Å². The van der Waals surface area contributed by atoms with Crippen molar-refractivity contribution >= 4 is 27.5 Å². The minimum Gasteiger partial charge on any atom is -0.490 e. The van der Waals surface area contributed by atoms with E-state index in [0.29, 0.717) is 55.4 Å². The van der Waals surface area contributed by atoms with E-state index in [1.54, 1.807) is 36.4 Å². The van der Waals surface area contributed by atoms with E-state index < -0.39 is 22.6 Å². The second-order valence-corrected chi connectivity index (χ2v) is 9.63. The molecule has 2 aromatic rings. The molecule has 0 unspecified atom stereocenters. The molecule has 9 heteroatoms. The number of nitrogens with zero attached hydrogens (tertiary/aromatic N) is 1. The molecule has 0 spiro atoms. The summed E-state index contributed by atoms with van der Waals surface area (Å²) in [5.74, 6) is -0.0246. The summed E-state index contributed by atoms with van der Waals surface area (Å²) in [4.78, 5) is 25.1. The predicted octanol–water partition coefficient (Wildman–Crippen LogP) is 3.63. The van der Waals surface area contributed by atoms with Gasteiger partial charge in [-0.1, -0.05) is 6.92 Å². The Labute approximate surface area is 194 Å². The number of esters is 1. The van der Waals surface area contributed by atoms with Crippen LogP contribution in [0.25, 0.3) is 0 Å². The van der Waals surface area contributed by atoms with Crippen molar-refractivity contribution < 1.29 is 32.2 Å². The Bertz CT molecular complexity index is 1130. The summed E-state index contributed by atoms with van der Waals surface area (Å²) in [7, 11) is -3.38. The fourth-order valence-corrected chi connectivity index (χ4v) is 4.61. The third kappa shape index (κ3) is 6.04. The standard InChI is InChI=1S/C24H29NO7S/c1-4-13-31-22-11-9-19(15-23(22)30-5-2)24(27)32-16-21(26)18-8-10-20-17(14-18)7-6-12-25(20)33(3,28)29/h8-11,14-15H,4-7,12-13,16H2,1-3H3. The molecule has 0 radical (unpaired) electrons. The van der Waals surface area contributed by atoms with Gasteiger partial charge in [0.05, 0.1) is 30.7 Å². The molecule has 0 bridgehead atoms. The van der Waals surface area contributed by atoms with Crippen molar-refractivity contribution in [3.8, 4) is 11.5 Å². The van der Waals surface area contributed by atoms with Gasteiger partial charge in [0.2, 0.25) is 10.0 Å². The highest BCUT2D eigenvalue weighted by Gasteiger charge is 2.25. The molecule has 0 N–H and O–H groups in total. The van der Waals surface area contributed by atoms with Crippen molar-refractivity contribution in [1.82, 2.24) is 0 Å². The number of ketones is 1. The van der Waals surface area contributed by atoms with Crippen LogP contribution >= 0.6 is 0 Å². The first-order valence-corrected chi connectivity index (χ1v) is 12.8. The monoisotopic (exact) mass is 475 g/mol.